The highest BCUT2D eigenvalue weighted by Gasteiger charge is 2.09. The van der Waals surface area contributed by atoms with E-state index >= 15 is 0 Å². The highest BCUT2D eigenvalue weighted by Crippen LogP contribution is 2.08. The Bertz CT molecular complexity index is 512. The van der Waals surface area contributed by atoms with Crippen LogP contribution in [0.5, 0.6) is 0 Å². The molecule has 0 spiro atoms. The monoisotopic (exact) mass is 459 g/mol. The summed E-state index contributed by atoms with van der Waals surface area (Å²) < 4.78 is 0. The van der Waals surface area contributed by atoms with Crippen molar-refractivity contribution in [3.8, 4) is 0 Å². The van der Waals surface area contributed by atoms with E-state index in [2.05, 4.69) is 63.8 Å². The number of hydrogen-bond donors (Lipinski definition) is 2. The van der Waals surface area contributed by atoms with Gasteiger partial charge in [-0.3, -0.25) is 4.99 Å². The van der Waals surface area contributed by atoms with E-state index in [0.717, 1.165) is 32.1 Å². The number of piperidine rings is 1. The number of guanidine groups is 1. The number of nitrogens with zero attached hydrogens (tertiary/aromatic N) is 3. The normalized spacial score (nSPS) is 15.8. The van der Waals surface area contributed by atoms with Gasteiger partial charge in [0.15, 0.2) is 5.96 Å². The van der Waals surface area contributed by atoms with Crippen LogP contribution in [0.15, 0.2) is 29.3 Å². The maximum absolute atomic E-state index is 4.32. The van der Waals surface area contributed by atoms with Gasteiger partial charge in [0, 0.05) is 33.2 Å². The molecule has 2 rings (SSSR count). The second-order valence-electron chi connectivity index (χ2n) is 6.81. The number of benzene rings is 1. The highest BCUT2D eigenvalue weighted by atomic mass is 127. The van der Waals surface area contributed by atoms with Crippen molar-refractivity contribution in [2.75, 3.05) is 47.3 Å². The Labute approximate surface area is 170 Å². The van der Waals surface area contributed by atoms with Crippen LogP contribution in [0, 0.1) is 0 Å². The molecule has 1 aliphatic heterocycles. The third-order valence-electron chi connectivity index (χ3n) is 4.34. The van der Waals surface area contributed by atoms with E-state index in [4.69, 9.17) is 0 Å². The molecule has 0 aliphatic carbocycles. The number of nitrogens with one attached hydrogen (secondary N) is 2. The zero-order valence-electron chi connectivity index (χ0n) is 15.9. The van der Waals surface area contributed by atoms with Crippen LogP contribution in [0.3, 0.4) is 0 Å². The first-order valence-electron chi connectivity index (χ1n) is 9.07. The molecule has 1 saturated heterocycles. The SMILES string of the molecule is CN=C(NCCN1CCCCC1)NCc1cccc(CN(C)C)c1.I. The summed E-state index contributed by atoms with van der Waals surface area (Å²) in [6, 6.07) is 8.72. The molecule has 1 aromatic carbocycles. The third-order valence-corrected chi connectivity index (χ3v) is 4.34. The molecule has 1 aromatic rings. The molecule has 0 radical (unpaired) electrons. The van der Waals surface area contributed by atoms with Crippen LogP contribution in [-0.4, -0.2) is 63.1 Å². The van der Waals surface area contributed by atoms with Gasteiger partial charge in [0.25, 0.3) is 0 Å². The predicted molar refractivity (Wildman–Crippen MR) is 118 cm³/mol. The van der Waals surface area contributed by atoms with Crippen molar-refractivity contribution in [3.63, 3.8) is 0 Å². The fourth-order valence-corrected chi connectivity index (χ4v) is 3.12. The molecule has 1 fully saturated rings. The molecule has 0 unspecified atom stereocenters. The standard InChI is InChI=1S/C19H33N5.HI/c1-20-19(21-10-13-24-11-5-4-6-12-24)22-15-17-8-7-9-18(14-17)16-23(2)3;/h7-9,14H,4-6,10-13,15-16H2,1-3H3,(H2,20,21,22);1H. The van der Waals surface area contributed by atoms with Gasteiger partial charge in [0.05, 0.1) is 0 Å². The Kier molecular flexibility index (Phi) is 11.1. The van der Waals surface area contributed by atoms with E-state index in [1.807, 2.05) is 7.05 Å². The van der Waals surface area contributed by atoms with Crippen LogP contribution < -0.4 is 10.6 Å². The van der Waals surface area contributed by atoms with E-state index in [9.17, 15) is 0 Å². The molecule has 1 heterocycles. The summed E-state index contributed by atoms with van der Waals surface area (Å²) in [6.07, 6.45) is 4.08. The molecule has 142 valence electrons. The van der Waals surface area contributed by atoms with Crippen molar-refractivity contribution in [3.05, 3.63) is 35.4 Å². The van der Waals surface area contributed by atoms with Crippen LogP contribution in [-0.2, 0) is 13.1 Å². The summed E-state index contributed by atoms with van der Waals surface area (Å²) >= 11 is 0. The van der Waals surface area contributed by atoms with Crippen LogP contribution >= 0.6 is 24.0 Å². The Balaban J connectivity index is 0.00000312. The first-order valence-corrected chi connectivity index (χ1v) is 9.07. The lowest BCUT2D eigenvalue weighted by Gasteiger charge is -2.26. The summed E-state index contributed by atoms with van der Waals surface area (Å²) in [5, 5.41) is 6.83. The van der Waals surface area contributed by atoms with Crippen LogP contribution in [0.4, 0.5) is 0 Å². The van der Waals surface area contributed by atoms with Gasteiger partial charge in [0.1, 0.15) is 0 Å². The number of aliphatic imine (C=N–C) groups is 1. The quantitative estimate of drug-likeness (QED) is 0.374. The first-order chi connectivity index (χ1) is 11.7. The van der Waals surface area contributed by atoms with Crippen molar-refractivity contribution in [2.45, 2.75) is 32.4 Å². The number of rotatable bonds is 7. The van der Waals surface area contributed by atoms with Crippen LogP contribution in [0.25, 0.3) is 0 Å². The van der Waals surface area contributed by atoms with Gasteiger partial charge in [-0.05, 0) is 51.2 Å². The Morgan fingerprint density at radius 2 is 1.84 bits per heavy atom. The van der Waals surface area contributed by atoms with Gasteiger partial charge in [0.2, 0.25) is 0 Å². The smallest absolute Gasteiger partial charge is 0.191 e. The average molecular weight is 459 g/mol. The fraction of sp³-hybridized carbons (Fsp3) is 0.632. The topological polar surface area (TPSA) is 42.9 Å². The van der Waals surface area contributed by atoms with E-state index < -0.39 is 0 Å². The Morgan fingerprint density at radius 3 is 2.52 bits per heavy atom. The lowest BCUT2D eigenvalue weighted by atomic mass is 10.1. The lowest BCUT2D eigenvalue weighted by molar-refractivity contribution is 0.232. The van der Waals surface area contributed by atoms with Crippen molar-refractivity contribution in [2.24, 2.45) is 4.99 Å². The number of hydrogen-bond acceptors (Lipinski definition) is 3. The molecule has 1 aliphatic rings. The van der Waals surface area contributed by atoms with Crippen LogP contribution in [0.1, 0.15) is 30.4 Å². The number of likely N-dealkylation sites (tertiary alicyclic amines) is 1. The van der Waals surface area contributed by atoms with E-state index in [1.165, 1.54) is 43.5 Å². The molecular formula is C19H34IN5. The summed E-state index contributed by atoms with van der Waals surface area (Å²) in [5.74, 6) is 0.880. The Hall–Kier alpha value is -0.860. The van der Waals surface area contributed by atoms with Gasteiger partial charge < -0.3 is 20.4 Å². The fourth-order valence-electron chi connectivity index (χ4n) is 3.12. The van der Waals surface area contributed by atoms with Crippen molar-refractivity contribution in [1.29, 1.82) is 0 Å². The predicted octanol–water partition coefficient (Wildman–Crippen LogP) is 2.52. The largest absolute Gasteiger partial charge is 0.355 e. The van der Waals surface area contributed by atoms with Crippen molar-refractivity contribution in [1.82, 2.24) is 20.4 Å². The minimum atomic E-state index is 0. The molecule has 0 atom stereocenters. The molecule has 6 heteroatoms. The molecule has 2 N–H and O–H groups in total. The molecule has 0 aromatic heterocycles. The van der Waals surface area contributed by atoms with Gasteiger partial charge in [-0.25, -0.2) is 0 Å². The minimum Gasteiger partial charge on any atom is -0.355 e. The van der Waals surface area contributed by atoms with E-state index in [0.29, 0.717) is 0 Å². The minimum absolute atomic E-state index is 0. The van der Waals surface area contributed by atoms with Crippen LogP contribution in [0.2, 0.25) is 0 Å². The first kappa shape index (κ1) is 22.2. The molecule has 0 bridgehead atoms. The third kappa shape index (κ3) is 8.87. The van der Waals surface area contributed by atoms with Gasteiger partial charge in [-0.15, -0.1) is 24.0 Å². The Morgan fingerprint density at radius 1 is 1.12 bits per heavy atom. The summed E-state index contributed by atoms with van der Waals surface area (Å²) in [7, 11) is 6.02. The maximum Gasteiger partial charge on any atom is 0.191 e. The molecule has 5 nitrogen and oxygen atoms in total. The second-order valence-corrected chi connectivity index (χ2v) is 6.81. The second kappa shape index (κ2) is 12.5. The summed E-state index contributed by atoms with van der Waals surface area (Å²) in [5.41, 5.74) is 2.63. The number of halogens is 1. The highest BCUT2D eigenvalue weighted by molar-refractivity contribution is 14.0. The van der Waals surface area contributed by atoms with Crippen molar-refractivity contribution < 1.29 is 0 Å². The summed E-state index contributed by atoms with van der Waals surface area (Å²) in [4.78, 5) is 9.05. The molecule has 25 heavy (non-hydrogen) atoms. The zero-order chi connectivity index (χ0) is 17.2. The molecule has 0 amide bonds. The zero-order valence-corrected chi connectivity index (χ0v) is 18.3. The lowest BCUT2D eigenvalue weighted by Crippen LogP contribution is -2.42. The maximum atomic E-state index is 4.32. The molecule has 0 saturated carbocycles. The van der Waals surface area contributed by atoms with Gasteiger partial charge >= 0.3 is 0 Å². The molecular weight excluding hydrogens is 425 g/mol. The van der Waals surface area contributed by atoms with Crippen molar-refractivity contribution >= 4 is 29.9 Å². The average Bonchev–Trinajstić information content (AvgIpc) is 2.58. The van der Waals surface area contributed by atoms with Gasteiger partial charge in [-0.1, -0.05) is 30.7 Å². The van der Waals surface area contributed by atoms with E-state index in [-0.39, 0.29) is 24.0 Å². The van der Waals surface area contributed by atoms with Gasteiger partial charge in [-0.2, -0.15) is 0 Å². The summed E-state index contributed by atoms with van der Waals surface area (Å²) in [6.45, 7) is 6.29. The van der Waals surface area contributed by atoms with E-state index in [1.54, 1.807) is 0 Å².